The number of fused-ring (bicyclic) bond motifs is 1. The van der Waals surface area contributed by atoms with Crippen LogP contribution >= 0.6 is 11.6 Å². The van der Waals surface area contributed by atoms with Crippen molar-refractivity contribution in [3.05, 3.63) is 130 Å². The van der Waals surface area contributed by atoms with Crippen LogP contribution in [0.3, 0.4) is 0 Å². The van der Waals surface area contributed by atoms with E-state index in [1.807, 2.05) is 78.9 Å². The van der Waals surface area contributed by atoms with Crippen molar-refractivity contribution in [3.63, 3.8) is 0 Å². The third-order valence-electron chi connectivity index (χ3n) is 5.31. The number of hydrogen-bond acceptors (Lipinski definition) is 4. The maximum Gasteiger partial charge on any atom is 0.282 e. The second-order valence-corrected chi connectivity index (χ2v) is 8.07. The minimum absolute atomic E-state index is 0.255. The highest BCUT2D eigenvalue weighted by atomic mass is 35.5. The largest absolute Gasteiger partial charge is 0.488 e. The topological polar surface area (TPSA) is 56.5 Å². The molecule has 1 aromatic heterocycles. The highest BCUT2D eigenvalue weighted by Crippen LogP contribution is 2.23. The lowest BCUT2D eigenvalue weighted by molar-refractivity contribution is 0.306. The molecule has 0 aliphatic carbocycles. The van der Waals surface area contributed by atoms with Crippen LogP contribution in [0.1, 0.15) is 11.1 Å². The SMILES string of the molecule is O=c1c2ccccc2nc(-c2ccccc2)n1N=Cc1cc(Cl)ccc1OCc1ccccc1. The maximum atomic E-state index is 13.4. The number of ether oxygens (including phenoxy) is 1. The molecular weight excluding hydrogens is 446 g/mol. The van der Waals surface area contributed by atoms with Gasteiger partial charge in [0.15, 0.2) is 5.82 Å². The second kappa shape index (κ2) is 9.73. The van der Waals surface area contributed by atoms with Gasteiger partial charge in [0.2, 0.25) is 0 Å². The predicted molar refractivity (Wildman–Crippen MR) is 137 cm³/mol. The van der Waals surface area contributed by atoms with Crippen molar-refractivity contribution in [1.29, 1.82) is 0 Å². The minimum atomic E-state index is -0.255. The van der Waals surface area contributed by atoms with Gasteiger partial charge in [-0.2, -0.15) is 9.78 Å². The summed E-state index contributed by atoms with van der Waals surface area (Å²) in [5.74, 6) is 1.06. The van der Waals surface area contributed by atoms with Crippen LogP contribution < -0.4 is 10.3 Å². The summed E-state index contributed by atoms with van der Waals surface area (Å²) in [4.78, 5) is 18.1. The predicted octanol–water partition coefficient (Wildman–Crippen LogP) is 6.18. The molecule has 0 unspecified atom stereocenters. The highest BCUT2D eigenvalue weighted by molar-refractivity contribution is 6.30. The number of rotatable bonds is 6. The first-order chi connectivity index (χ1) is 16.7. The zero-order valence-electron chi connectivity index (χ0n) is 18.1. The van der Waals surface area contributed by atoms with Crippen molar-refractivity contribution in [1.82, 2.24) is 9.66 Å². The molecule has 6 heteroatoms. The summed E-state index contributed by atoms with van der Waals surface area (Å²) in [5, 5.41) is 5.57. The van der Waals surface area contributed by atoms with E-state index in [1.54, 1.807) is 30.5 Å². The van der Waals surface area contributed by atoms with Gasteiger partial charge in [-0.05, 0) is 35.9 Å². The van der Waals surface area contributed by atoms with Gasteiger partial charge in [0.25, 0.3) is 5.56 Å². The summed E-state index contributed by atoms with van der Waals surface area (Å²) in [6.07, 6.45) is 1.58. The van der Waals surface area contributed by atoms with Crippen LogP contribution in [0.5, 0.6) is 5.75 Å². The molecule has 0 saturated heterocycles. The third-order valence-corrected chi connectivity index (χ3v) is 5.54. The van der Waals surface area contributed by atoms with E-state index in [0.29, 0.717) is 39.7 Å². The van der Waals surface area contributed by atoms with Crippen LogP contribution in [0.2, 0.25) is 5.02 Å². The van der Waals surface area contributed by atoms with Crippen LogP contribution in [0, 0.1) is 0 Å². The summed E-state index contributed by atoms with van der Waals surface area (Å²) in [6.45, 7) is 0.399. The Bertz CT molecular complexity index is 1530. The number of halogens is 1. The number of aromatic nitrogens is 2. The molecule has 5 nitrogen and oxygen atoms in total. The smallest absolute Gasteiger partial charge is 0.282 e. The molecule has 0 aliphatic heterocycles. The summed E-state index contributed by atoms with van der Waals surface area (Å²) in [7, 11) is 0. The normalized spacial score (nSPS) is 11.2. The van der Waals surface area contributed by atoms with Gasteiger partial charge in [0, 0.05) is 16.1 Å². The van der Waals surface area contributed by atoms with Gasteiger partial charge in [-0.15, -0.1) is 0 Å². The maximum absolute atomic E-state index is 13.4. The molecule has 1 heterocycles. The van der Waals surface area contributed by atoms with Crippen LogP contribution in [0.25, 0.3) is 22.3 Å². The van der Waals surface area contributed by atoms with E-state index >= 15 is 0 Å². The summed E-state index contributed by atoms with van der Waals surface area (Å²) in [5.41, 5.74) is 2.85. The molecule has 0 bridgehead atoms. The molecule has 0 saturated carbocycles. The van der Waals surface area contributed by atoms with E-state index in [9.17, 15) is 4.79 Å². The van der Waals surface area contributed by atoms with Gasteiger partial charge < -0.3 is 4.74 Å². The molecule has 4 aromatic carbocycles. The molecule has 0 atom stereocenters. The Labute approximate surface area is 201 Å². The fraction of sp³-hybridized carbons (Fsp3) is 0.0357. The summed E-state index contributed by atoms with van der Waals surface area (Å²) < 4.78 is 7.35. The summed E-state index contributed by atoms with van der Waals surface area (Å²) >= 11 is 6.25. The number of para-hydroxylation sites is 1. The summed E-state index contributed by atoms with van der Waals surface area (Å²) in [6, 6.07) is 32.0. The monoisotopic (exact) mass is 465 g/mol. The Hall–Kier alpha value is -4.22. The van der Waals surface area contributed by atoms with Crippen LogP contribution in [-0.2, 0) is 6.61 Å². The molecule has 0 fully saturated rings. The lowest BCUT2D eigenvalue weighted by Gasteiger charge is -2.11. The van der Waals surface area contributed by atoms with Gasteiger partial charge >= 0.3 is 0 Å². The van der Waals surface area contributed by atoms with E-state index in [0.717, 1.165) is 11.1 Å². The van der Waals surface area contributed by atoms with E-state index in [1.165, 1.54) is 4.68 Å². The molecule has 5 rings (SSSR count). The molecule has 0 spiro atoms. The molecule has 166 valence electrons. The third kappa shape index (κ3) is 4.60. The molecule has 0 aliphatic rings. The molecule has 5 aromatic rings. The van der Waals surface area contributed by atoms with E-state index in [-0.39, 0.29) is 5.56 Å². The van der Waals surface area contributed by atoms with Gasteiger partial charge in [0.1, 0.15) is 12.4 Å². The standard InChI is InChI=1S/C28H20ClN3O2/c29-23-15-16-26(34-19-20-9-3-1-4-10-20)22(17-23)18-30-32-27(21-11-5-2-6-12-21)31-25-14-8-7-13-24(25)28(32)33/h1-18H,19H2. The van der Waals surface area contributed by atoms with Crippen LogP contribution in [0.4, 0.5) is 0 Å². The number of benzene rings is 4. The molecule has 0 N–H and O–H groups in total. The second-order valence-electron chi connectivity index (χ2n) is 7.64. The zero-order valence-corrected chi connectivity index (χ0v) is 18.9. The lowest BCUT2D eigenvalue weighted by Crippen LogP contribution is -2.20. The fourth-order valence-corrected chi connectivity index (χ4v) is 3.79. The van der Waals surface area contributed by atoms with Gasteiger partial charge in [0.05, 0.1) is 17.1 Å². The first-order valence-corrected chi connectivity index (χ1v) is 11.1. The van der Waals surface area contributed by atoms with E-state index < -0.39 is 0 Å². The Balaban J connectivity index is 1.58. The van der Waals surface area contributed by atoms with Crippen molar-refractivity contribution in [3.8, 4) is 17.1 Å². The molecule has 34 heavy (non-hydrogen) atoms. The molecular formula is C28H20ClN3O2. The Morgan fingerprint density at radius 3 is 2.38 bits per heavy atom. The first-order valence-electron chi connectivity index (χ1n) is 10.8. The quantitative estimate of drug-likeness (QED) is 0.281. The van der Waals surface area contributed by atoms with Crippen molar-refractivity contribution in [2.24, 2.45) is 5.10 Å². The van der Waals surface area contributed by atoms with Crippen molar-refractivity contribution < 1.29 is 4.74 Å². The Morgan fingerprint density at radius 1 is 0.882 bits per heavy atom. The van der Waals surface area contributed by atoms with Crippen molar-refractivity contribution >= 4 is 28.7 Å². The van der Waals surface area contributed by atoms with E-state index in [4.69, 9.17) is 21.3 Å². The minimum Gasteiger partial charge on any atom is -0.488 e. The fourth-order valence-electron chi connectivity index (χ4n) is 3.61. The zero-order chi connectivity index (χ0) is 23.3. The van der Waals surface area contributed by atoms with E-state index in [2.05, 4.69) is 5.10 Å². The van der Waals surface area contributed by atoms with Crippen LogP contribution in [-0.4, -0.2) is 15.9 Å². The molecule has 0 amide bonds. The average molecular weight is 466 g/mol. The van der Waals surface area contributed by atoms with Crippen LogP contribution in [0.15, 0.2) is 113 Å². The number of nitrogens with zero attached hydrogens (tertiary/aromatic N) is 3. The van der Waals surface area contributed by atoms with Gasteiger partial charge in [-0.25, -0.2) is 4.98 Å². The molecule has 0 radical (unpaired) electrons. The van der Waals surface area contributed by atoms with Gasteiger partial charge in [-0.3, -0.25) is 4.79 Å². The number of hydrogen-bond donors (Lipinski definition) is 0. The Morgan fingerprint density at radius 2 is 1.59 bits per heavy atom. The average Bonchev–Trinajstić information content (AvgIpc) is 2.88. The highest BCUT2D eigenvalue weighted by Gasteiger charge is 2.12. The van der Waals surface area contributed by atoms with Crippen molar-refractivity contribution in [2.75, 3.05) is 0 Å². The lowest BCUT2D eigenvalue weighted by atomic mass is 10.2. The van der Waals surface area contributed by atoms with Crippen molar-refractivity contribution in [2.45, 2.75) is 6.61 Å². The van der Waals surface area contributed by atoms with Gasteiger partial charge in [-0.1, -0.05) is 84.4 Å². The Kier molecular flexibility index (Phi) is 6.19. The first kappa shape index (κ1) is 21.6.